The quantitative estimate of drug-likeness (QED) is 0.568. The minimum absolute atomic E-state index is 0.112. The fourth-order valence-corrected chi connectivity index (χ4v) is 1.76. The number of hydrogen-bond acceptors (Lipinski definition) is 4. The largest absolute Gasteiger partial charge is 0.508 e. The molecule has 1 rings (SSSR count). The summed E-state index contributed by atoms with van der Waals surface area (Å²) < 4.78 is 0. The van der Waals surface area contributed by atoms with E-state index in [1.807, 2.05) is 0 Å². The van der Waals surface area contributed by atoms with Crippen LogP contribution in [0.2, 0.25) is 0 Å². The second-order valence-corrected chi connectivity index (χ2v) is 4.77. The van der Waals surface area contributed by atoms with Gasteiger partial charge in [0.05, 0.1) is 6.61 Å². The van der Waals surface area contributed by atoms with Crippen molar-refractivity contribution in [3.8, 4) is 5.75 Å². The predicted octanol–water partition coefficient (Wildman–Crippen LogP) is 1.67. The number of rotatable bonds is 6. The molecule has 96 valence electrons. The topological polar surface area (TPSA) is 78.5 Å². The zero-order valence-electron chi connectivity index (χ0n) is 10.5. The predicted molar refractivity (Wildman–Crippen MR) is 69.9 cm³/mol. The number of aromatic hydroxyl groups is 1. The molecule has 1 atom stereocenters. The van der Waals surface area contributed by atoms with Crippen molar-refractivity contribution in [3.05, 3.63) is 23.8 Å². The Morgan fingerprint density at radius 2 is 2.06 bits per heavy atom. The molecule has 17 heavy (non-hydrogen) atoms. The van der Waals surface area contributed by atoms with Crippen LogP contribution < -0.4 is 11.1 Å². The second kappa shape index (κ2) is 6.47. The number of nitrogens with one attached hydrogen (secondary N) is 1. The average molecular weight is 238 g/mol. The van der Waals surface area contributed by atoms with Crippen LogP contribution in [0.3, 0.4) is 0 Å². The third kappa shape index (κ3) is 4.63. The maximum Gasteiger partial charge on any atom is 0.121 e. The molecule has 0 saturated carbocycles. The van der Waals surface area contributed by atoms with E-state index in [9.17, 15) is 5.11 Å². The molecule has 0 aliphatic carbocycles. The number of nitrogens with two attached hydrogens (primary N) is 1. The Morgan fingerprint density at radius 3 is 2.65 bits per heavy atom. The molecule has 0 spiro atoms. The molecule has 0 heterocycles. The van der Waals surface area contributed by atoms with Crippen molar-refractivity contribution in [2.24, 2.45) is 11.7 Å². The molecule has 0 aliphatic heterocycles. The molecule has 1 unspecified atom stereocenters. The maximum absolute atomic E-state index is 9.42. The van der Waals surface area contributed by atoms with Crippen LogP contribution in [0.25, 0.3) is 0 Å². The summed E-state index contributed by atoms with van der Waals surface area (Å²) in [5, 5.41) is 21.7. The molecular formula is C13H22N2O2. The fraction of sp³-hybridized carbons (Fsp3) is 0.538. The van der Waals surface area contributed by atoms with Gasteiger partial charge in [-0.05, 0) is 30.5 Å². The summed E-state index contributed by atoms with van der Waals surface area (Å²) in [5.41, 5.74) is 7.35. The first-order valence-electron chi connectivity index (χ1n) is 5.95. The van der Waals surface area contributed by atoms with Crippen molar-refractivity contribution < 1.29 is 10.2 Å². The van der Waals surface area contributed by atoms with Crippen LogP contribution in [0.15, 0.2) is 18.2 Å². The number of aliphatic hydroxyl groups is 1. The number of hydrogen-bond donors (Lipinski definition) is 4. The Labute approximate surface area is 102 Å². The van der Waals surface area contributed by atoms with Crippen molar-refractivity contribution in [1.29, 1.82) is 0 Å². The summed E-state index contributed by atoms with van der Waals surface area (Å²) in [6.45, 7) is 4.81. The summed E-state index contributed by atoms with van der Waals surface area (Å²) in [6, 6.07) is 5.19. The minimum atomic E-state index is -0.167. The van der Waals surface area contributed by atoms with Crippen LogP contribution in [0.1, 0.15) is 25.8 Å². The molecule has 0 radical (unpaired) electrons. The lowest BCUT2D eigenvalue weighted by Gasteiger charge is -2.16. The highest BCUT2D eigenvalue weighted by Crippen LogP contribution is 2.21. The molecule has 0 fully saturated rings. The van der Waals surface area contributed by atoms with E-state index >= 15 is 0 Å². The molecule has 5 N–H and O–H groups in total. The molecule has 0 amide bonds. The van der Waals surface area contributed by atoms with Gasteiger partial charge in [0.15, 0.2) is 0 Å². The molecule has 4 heteroatoms. The first-order chi connectivity index (χ1) is 8.02. The highest BCUT2D eigenvalue weighted by molar-refractivity contribution is 5.50. The van der Waals surface area contributed by atoms with Crippen LogP contribution in [-0.4, -0.2) is 22.8 Å². The fourth-order valence-electron chi connectivity index (χ4n) is 1.76. The highest BCUT2D eigenvalue weighted by Gasteiger charge is 2.06. The van der Waals surface area contributed by atoms with Crippen molar-refractivity contribution in [2.45, 2.75) is 32.9 Å². The van der Waals surface area contributed by atoms with Crippen LogP contribution in [-0.2, 0) is 6.61 Å². The van der Waals surface area contributed by atoms with E-state index in [1.54, 1.807) is 18.2 Å². The van der Waals surface area contributed by atoms with Gasteiger partial charge >= 0.3 is 0 Å². The normalized spacial score (nSPS) is 12.8. The van der Waals surface area contributed by atoms with Gasteiger partial charge in [0, 0.05) is 23.8 Å². The summed E-state index contributed by atoms with van der Waals surface area (Å²) in [6.07, 6.45) is 0.970. The van der Waals surface area contributed by atoms with E-state index in [2.05, 4.69) is 19.2 Å². The lowest BCUT2D eigenvalue weighted by Crippen LogP contribution is -2.30. The third-order valence-corrected chi connectivity index (χ3v) is 2.59. The highest BCUT2D eigenvalue weighted by atomic mass is 16.3. The Bertz CT molecular complexity index is 353. The Morgan fingerprint density at radius 1 is 1.35 bits per heavy atom. The third-order valence-electron chi connectivity index (χ3n) is 2.59. The van der Waals surface area contributed by atoms with Gasteiger partial charge in [-0.3, -0.25) is 0 Å². The maximum atomic E-state index is 9.42. The molecule has 1 aromatic rings. The van der Waals surface area contributed by atoms with Gasteiger partial charge in [-0.2, -0.15) is 0 Å². The number of aliphatic hydroxyl groups excluding tert-OH is 1. The van der Waals surface area contributed by atoms with Crippen molar-refractivity contribution in [1.82, 2.24) is 0 Å². The summed E-state index contributed by atoms with van der Waals surface area (Å²) in [4.78, 5) is 0. The molecule has 0 bridgehead atoms. The monoisotopic (exact) mass is 238 g/mol. The van der Waals surface area contributed by atoms with Crippen LogP contribution in [0.4, 0.5) is 5.69 Å². The average Bonchev–Trinajstić information content (AvgIpc) is 2.27. The molecule has 0 aromatic heterocycles. The van der Waals surface area contributed by atoms with Crippen LogP contribution in [0.5, 0.6) is 5.75 Å². The van der Waals surface area contributed by atoms with Gasteiger partial charge in [-0.25, -0.2) is 0 Å². The number of anilines is 1. The molecule has 0 aliphatic rings. The van der Waals surface area contributed by atoms with E-state index in [0.717, 1.165) is 12.1 Å². The second-order valence-electron chi connectivity index (χ2n) is 4.77. The Kier molecular flexibility index (Phi) is 5.25. The van der Waals surface area contributed by atoms with Gasteiger partial charge in [0.25, 0.3) is 0 Å². The van der Waals surface area contributed by atoms with E-state index in [1.165, 1.54) is 0 Å². The first-order valence-corrected chi connectivity index (χ1v) is 5.95. The SMILES string of the molecule is CC(C)CC(N)CNc1ccc(O)c(CO)c1. The summed E-state index contributed by atoms with van der Waals surface area (Å²) >= 11 is 0. The summed E-state index contributed by atoms with van der Waals surface area (Å²) in [5.74, 6) is 0.698. The van der Waals surface area contributed by atoms with E-state index in [4.69, 9.17) is 10.8 Å². The van der Waals surface area contributed by atoms with Gasteiger partial charge in [0.2, 0.25) is 0 Å². The van der Waals surface area contributed by atoms with Crippen molar-refractivity contribution >= 4 is 5.69 Å². The zero-order chi connectivity index (χ0) is 12.8. The molecule has 0 saturated heterocycles. The Balaban J connectivity index is 2.52. The van der Waals surface area contributed by atoms with Gasteiger partial charge < -0.3 is 21.3 Å². The van der Waals surface area contributed by atoms with Crippen LogP contribution >= 0.6 is 0 Å². The van der Waals surface area contributed by atoms with Crippen LogP contribution in [0, 0.1) is 5.92 Å². The molecule has 4 nitrogen and oxygen atoms in total. The van der Waals surface area contributed by atoms with Gasteiger partial charge in [-0.15, -0.1) is 0 Å². The Hall–Kier alpha value is -1.26. The van der Waals surface area contributed by atoms with Crippen molar-refractivity contribution in [3.63, 3.8) is 0 Å². The van der Waals surface area contributed by atoms with E-state index < -0.39 is 0 Å². The number of benzene rings is 1. The standard InChI is InChI=1S/C13H22N2O2/c1-9(2)5-11(14)7-15-12-3-4-13(17)10(6-12)8-16/h3-4,6,9,11,15-17H,5,7-8,14H2,1-2H3. The van der Waals surface area contributed by atoms with Gasteiger partial charge in [0.1, 0.15) is 5.75 Å². The lowest BCUT2D eigenvalue weighted by molar-refractivity contribution is 0.275. The molecular weight excluding hydrogens is 216 g/mol. The van der Waals surface area contributed by atoms with E-state index in [0.29, 0.717) is 18.0 Å². The first kappa shape index (κ1) is 13.8. The van der Waals surface area contributed by atoms with E-state index in [-0.39, 0.29) is 18.4 Å². The molecule has 1 aromatic carbocycles. The van der Waals surface area contributed by atoms with Crippen molar-refractivity contribution in [2.75, 3.05) is 11.9 Å². The van der Waals surface area contributed by atoms with Gasteiger partial charge in [-0.1, -0.05) is 13.8 Å². The number of phenols is 1. The minimum Gasteiger partial charge on any atom is -0.508 e. The lowest BCUT2D eigenvalue weighted by atomic mass is 10.0. The zero-order valence-corrected chi connectivity index (χ0v) is 10.5. The summed E-state index contributed by atoms with van der Waals surface area (Å²) in [7, 11) is 0. The smallest absolute Gasteiger partial charge is 0.121 e.